The Morgan fingerprint density at radius 2 is 1.62 bits per heavy atom. The van der Waals surface area contributed by atoms with E-state index in [1.165, 1.54) is 42.5 Å². The summed E-state index contributed by atoms with van der Waals surface area (Å²) in [5.74, 6) is -1.43. The summed E-state index contributed by atoms with van der Waals surface area (Å²) < 4.78 is 87.1. The Bertz CT molecular complexity index is 1340. The van der Waals surface area contributed by atoms with Gasteiger partial charge in [0.05, 0.1) is 11.3 Å². The van der Waals surface area contributed by atoms with Crippen molar-refractivity contribution in [2.45, 2.75) is 17.7 Å². The second-order valence-electron chi connectivity index (χ2n) is 6.89. The minimum atomic E-state index is -4.46. The molecular weight excluding hydrogens is 452 g/mol. The molecule has 0 bridgehead atoms. The molecule has 32 heavy (non-hydrogen) atoms. The molecule has 2 heterocycles. The lowest BCUT2D eigenvalue weighted by molar-refractivity contribution is -0.137. The van der Waals surface area contributed by atoms with E-state index in [2.05, 4.69) is 10.1 Å². The fraction of sp³-hybridized carbons (Fsp3) is 0.143. The van der Waals surface area contributed by atoms with E-state index in [1.807, 2.05) is 0 Å². The number of furan rings is 1. The predicted octanol–water partition coefficient (Wildman–Crippen LogP) is 5.27. The van der Waals surface area contributed by atoms with Crippen molar-refractivity contribution >= 4 is 9.84 Å². The highest BCUT2D eigenvalue weighted by Crippen LogP contribution is 2.31. The van der Waals surface area contributed by atoms with Crippen LogP contribution in [0.25, 0.3) is 23.0 Å². The molecule has 0 aliphatic rings. The third-order valence-corrected chi connectivity index (χ3v) is 5.94. The van der Waals surface area contributed by atoms with Crippen LogP contribution < -0.4 is 0 Å². The minimum absolute atomic E-state index is 0.0406. The van der Waals surface area contributed by atoms with Crippen molar-refractivity contribution in [3.05, 3.63) is 83.4 Å². The first-order chi connectivity index (χ1) is 15.1. The SMILES string of the molecule is O=S(=O)(Cc1ccc(-c2nc(-c3ccc(C(F)(F)F)cc3)no2)o1)Cc1ccccc1F. The summed E-state index contributed by atoms with van der Waals surface area (Å²) in [4.78, 5) is 4.08. The maximum Gasteiger partial charge on any atom is 0.416 e. The summed E-state index contributed by atoms with van der Waals surface area (Å²) in [7, 11) is -3.73. The standard InChI is InChI=1S/C21H14F4N2O4S/c22-17-4-2-1-3-14(17)11-32(28,29)12-16-9-10-18(30-16)20-26-19(27-31-20)13-5-7-15(8-6-13)21(23,24)25/h1-10H,11-12H2. The van der Waals surface area contributed by atoms with Gasteiger partial charge in [0.15, 0.2) is 15.6 Å². The van der Waals surface area contributed by atoms with Crippen LogP contribution in [0.2, 0.25) is 0 Å². The normalized spacial score (nSPS) is 12.2. The van der Waals surface area contributed by atoms with Gasteiger partial charge in [-0.2, -0.15) is 18.2 Å². The lowest BCUT2D eigenvalue weighted by atomic mass is 10.1. The summed E-state index contributed by atoms with van der Waals surface area (Å²) in [6, 6.07) is 12.6. The van der Waals surface area contributed by atoms with Crippen molar-refractivity contribution < 1.29 is 34.9 Å². The molecule has 2 aromatic carbocycles. The first kappa shape index (κ1) is 21.8. The highest BCUT2D eigenvalue weighted by molar-refractivity contribution is 7.89. The third kappa shape index (κ3) is 4.88. The molecule has 0 radical (unpaired) electrons. The molecule has 4 aromatic rings. The predicted molar refractivity (Wildman–Crippen MR) is 105 cm³/mol. The number of alkyl halides is 3. The Kier molecular flexibility index (Phi) is 5.59. The quantitative estimate of drug-likeness (QED) is 0.360. The molecule has 0 saturated carbocycles. The van der Waals surface area contributed by atoms with E-state index in [-0.39, 0.29) is 28.8 Å². The van der Waals surface area contributed by atoms with Crippen molar-refractivity contribution in [3.63, 3.8) is 0 Å². The largest absolute Gasteiger partial charge is 0.455 e. The smallest absolute Gasteiger partial charge is 0.416 e. The van der Waals surface area contributed by atoms with Gasteiger partial charge < -0.3 is 8.94 Å². The lowest BCUT2D eigenvalue weighted by Gasteiger charge is -2.05. The van der Waals surface area contributed by atoms with Gasteiger partial charge in [0.1, 0.15) is 17.3 Å². The zero-order valence-corrected chi connectivity index (χ0v) is 17.0. The monoisotopic (exact) mass is 466 g/mol. The molecule has 2 aromatic heterocycles. The van der Waals surface area contributed by atoms with Gasteiger partial charge >= 0.3 is 6.18 Å². The summed E-state index contributed by atoms with van der Waals surface area (Å²) in [6.45, 7) is 0. The number of halogens is 4. The molecule has 0 N–H and O–H groups in total. The zero-order valence-electron chi connectivity index (χ0n) is 16.1. The number of aromatic nitrogens is 2. The molecule has 4 rings (SSSR count). The van der Waals surface area contributed by atoms with Crippen molar-refractivity contribution in [2.24, 2.45) is 0 Å². The van der Waals surface area contributed by atoms with Gasteiger partial charge in [0.2, 0.25) is 5.82 Å². The van der Waals surface area contributed by atoms with Crippen molar-refractivity contribution in [1.29, 1.82) is 0 Å². The Balaban J connectivity index is 1.48. The molecule has 166 valence electrons. The van der Waals surface area contributed by atoms with Gasteiger partial charge in [-0.05, 0) is 30.3 Å². The summed E-state index contributed by atoms with van der Waals surface area (Å²) in [5.41, 5.74) is -0.457. The van der Waals surface area contributed by atoms with E-state index in [4.69, 9.17) is 8.94 Å². The molecule has 0 aliphatic carbocycles. The molecule has 0 unspecified atom stereocenters. The fourth-order valence-corrected chi connectivity index (χ4v) is 4.34. The van der Waals surface area contributed by atoms with Crippen LogP contribution in [0.3, 0.4) is 0 Å². The Labute approximate surface area is 179 Å². The van der Waals surface area contributed by atoms with Gasteiger partial charge in [-0.15, -0.1) is 0 Å². The minimum Gasteiger partial charge on any atom is -0.455 e. The molecule has 0 amide bonds. The van der Waals surface area contributed by atoms with Crippen molar-refractivity contribution in [1.82, 2.24) is 10.1 Å². The average molecular weight is 466 g/mol. The van der Waals surface area contributed by atoms with Crippen LogP contribution in [-0.2, 0) is 27.5 Å². The number of rotatable bonds is 6. The molecule has 0 saturated heterocycles. The highest BCUT2D eigenvalue weighted by Gasteiger charge is 2.30. The van der Waals surface area contributed by atoms with Crippen LogP contribution in [-0.4, -0.2) is 18.6 Å². The molecule has 0 atom stereocenters. The Morgan fingerprint density at radius 1 is 0.906 bits per heavy atom. The van der Waals surface area contributed by atoms with Crippen LogP contribution in [0.4, 0.5) is 17.6 Å². The van der Waals surface area contributed by atoms with E-state index in [1.54, 1.807) is 6.07 Å². The lowest BCUT2D eigenvalue weighted by Crippen LogP contribution is -2.08. The van der Waals surface area contributed by atoms with Gasteiger partial charge in [0.25, 0.3) is 5.89 Å². The zero-order chi connectivity index (χ0) is 22.9. The highest BCUT2D eigenvalue weighted by atomic mass is 32.2. The van der Waals surface area contributed by atoms with E-state index in [0.717, 1.165) is 12.1 Å². The maximum absolute atomic E-state index is 13.7. The molecule has 0 spiro atoms. The van der Waals surface area contributed by atoms with Crippen molar-refractivity contribution in [3.8, 4) is 23.0 Å². The second kappa shape index (κ2) is 8.23. The van der Waals surface area contributed by atoms with Gasteiger partial charge in [-0.1, -0.05) is 35.5 Å². The number of hydrogen-bond donors (Lipinski definition) is 0. The molecule has 6 nitrogen and oxygen atoms in total. The molecule has 0 aliphatic heterocycles. The molecular formula is C21H14F4N2O4S. The number of sulfone groups is 1. The van der Waals surface area contributed by atoms with Crippen LogP contribution in [0.15, 0.2) is 69.6 Å². The van der Waals surface area contributed by atoms with Gasteiger partial charge in [-0.25, -0.2) is 12.8 Å². The van der Waals surface area contributed by atoms with Crippen LogP contribution in [0.1, 0.15) is 16.9 Å². The number of benzene rings is 2. The average Bonchev–Trinajstić information content (AvgIpc) is 3.38. The summed E-state index contributed by atoms with van der Waals surface area (Å²) in [5, 5.41) is 3.72. The van der Waals surface area contributed by atoms with Crippen LogP contribution in [0, 0.1) is 5.82 Å². The number of nitrogens with zero attached hydrogens (tertiary/aromatic N) is 2. The van der Waals surface area contributed by atoms with Crippen LogP contribution in [0.5, 0.6) is 0 Å². The van der Waals surface area contributed by atoms with E-state index >= 15 is 0 Å². The maximum atomic E-state index is 13.7. The van der Waals surface area contributed by atoms with E-state index in [9.17, 15) is 26.0 Å². The number of hydrogen-bond acceptors (Lipinski definition) is 6. The Morgan fingerprint density at radius 3 is 2.31 bits per heavy atom. The fourth-order valence-electron chi connectivity index (χ4n) is 2.94. The third-order valence-electron chi connectivity index (χ3n) is 4.46. The summed E-state index contributed by atoms with van der Waals surface area (Å²) >= 11 is 0. The van der Waals surface area contributed by atoms with E-state index < -0.39 is 38.9 Å². The Hall–Kier alpha value is -3.47. The molecule has 0 fully saturated rings. The second-order valence-corrected chi connectivity index (χ2v) is 8.95. The first-order valence-electron chi connectivity index (χ1n) is 9.15. The van der Waals surface area contributed by atoms with Gasteiger partial charge in [0, 0.05) is 11.1 Å². The van der Waals surface area contributed by atoms with Crippen molar-refractivity contribution in [2.75, 3.05) is 0 Å². The first-order valence-corrected chi connectivity index (χ1v) is 11.0. The molecule has 11 heteroatoms. The van der Waals surface area contributed by atoms with Crippen LogP contribution >= 0.6 is 0 Å². The topological polar surface area (TPSA) is 86.2 Å². The van der Waals surface area contributed by atoms with Gasteiger partial charge in [-0.3, -0.25) is 0 Å². The summed E-state index contributed by atoms with van der Waals surface area (Å²) in [6.07, 6.45) is -4.46. The van der Waals surface area contributed by atoms with E-state index in [0.29, 0.717) is 5.56 Å².